The summed E-state index contributed by atoms with van der Waals surface area (Å²) >= 11 is 0. The maximum Gasteiger partial charge on any atom is 0.240 e. The topological polar surface area (TPSA) is 58.6 Å². The molecule has 3 rings (SSSR count). The summed E-state index contributed by atoms with van der Waals surface area (Å²) in [5.41, 5.74) is 1.86. The van der Waals surface area contributed by atoms with Gasteiger partial charge in [-0.25, -0.2) is 0 Å². The van der Waals surface area contributed by atoms with E-state index >= 15 is 0 Å². The third kappa shape index (κ3) is 4.88. The van der Waals surface area contributed by atoms with Gasteiger partial charge in [0.15, 0.2) is 0 Å². The third-order valence-corrected chi connectivity index (χ3v) is 4.89. The molecular weight excluding hydrogens is 340 g/mol. The van der Waals surface area contributed by atoms with E-state index in [1.54, 1.807) is 12.0 Å². The summed E-state index contributed by atoms with van der Waals surface area (Å²) in [6.45, 7) is 0.744. The highest BCUT2D eigenvalue weighted by Crippen LogP contribution is 2.29. The number of nitrogens with zero attached hydrogens (tertiary/aromatic N) is 1. The predicted octanol–water partition coefficient (Wildman–Crippen LogP) is 3.30. The Morgan fingerprint density at radius 1 is 1.07 bits per heavy atom. The van der Waals surface area contributed by atoms with Crippen molar-refractivity contribution in [2.45, 2.75) is 31.7 Å². The van der Waals surface area contributed by atoms with Crippen molar-refractivity contribution in [1.82, 2.24) is 10.2 Å². The number of ether oxygens (including phenoxy) is 1. The summed E-state index contributed by atoms with van der Waals surface area (Å²) in [5.74, 6) is 0.624. The molecule has 2 aromatic carbocycles. The molecule has 1 heterocycles. The first-order chi connectivity index (χ1) is 13.2. The van der Waals surface area contributed by atoms with Crippen molar-refractivity contribution in [3.63, 3.8) is 0 Å². The fourth-order valence-corrected chi connectivity index (χ4v) is 3.48. The quantitative estimate of drug-likeness (QED) is 0.853. The zero-order chi connectivity index (χ0) is 19.1. The number of methoxy groups -OCH3 is 1. The van der Waals surface area contributed by atoms with Crippen LogP contribution in [0, 0.1) is 0 Å². The van der Waals surface area contributed by atoms with Gasteiger partial charge in [0.05, 0.1) is 19.7 Å². The smallest absolute Gasteiger partial charge is 0.240 e. The Morgan fingerprint density at radius 3 is 2.59 bits per heavy atom. The van der Waals surface area contributed by atoms with E-state index in [2.05, 4.69) is 5.32 Å². The van der Waals surface area contributed by atoms with E-state index < -0.39 is 0 Å². The van der Waals surface area contributed by atoms with Gasteiger partial charge in [0.2, 0.25) is 11.8 Å². The monoisotopic (exact) mass is 366 g/mol. The average Bonchev–Trinajstić information content (AvgIpc) is 2.91. The van der Waals surface area contributed by atoms with E-state index in [-0.39, 0.29) is 24.4 Å². The van der Waals surface area contributed by atoms with E-state index in [0.717, 1.165) is 36.1 Å². The van der Waals surface area contributed by atoms with Crippen LogP contribution >= 0.6 is 0 Å². The lowest BCUT2D eigenvalue weighted by Crippen LogP contribution is -2.41. The van der Waals surface area contributed by atoms with Crippen molar-refractivity contribution in [3.8, 4) is 5.75 Å². The van der Waals surface area contributed by atoms with Crippen LogP contribution in [-0.2, 0) is 9.59 Å². The summed E-state index contributed by atoms with van der Waals surface area (Å²) in [7, 11) is 1.62. The number of para-hydroxylation sites is 1. The van der Waals surface area contributed by atoms with Crippen molar-refractivity contribution >= 4 is 11.8 Å². The molecule has 1 atom stereocenters. The van der Waals surface area contributed by atoms with Gasteiger partial charge in [-0.2, -0.15) is 0 Å². The van der Waals surface area contributed by atoms with Crippen LogP contribution in [0.5, 0.6) is 5.75 Å². The van der Waals surface area contributed by atoms with Crippen LogP contribution in [-0.4, -0.2) is 36.9 Å². The standard InChI is InChI=1S/C22H26N2O3/c1-27-19-13-8-7-12-18(19)22(17-10-4-2-5-11-17)23-20(25)16-24-15-9-3-6-14-21(24)26/h2,4-5,7-8,10-13,22H,3,6,9,14-16H2,1H3,(H,23,25). The van der Waals surface area contributed by atoms with Crippen molar-refractivity contribution in [3.05, 3.63) is 65.7 Å². The number of rotatable bonds is 6. The second kappa shape index (κ2) is 9.21. The summed E-state index contributed by atoms with van der Waals surface area (Å²) in [6.07, 6.45) is 3.43. The lowest BCUT2D eigenvalue weighted by molar-refractivity contribution is -0.135. The van der Waals surface area contributed by atoms with Crippen LogP contribution in [0.4, 0.5) is 0 Å². The molecule has 5 nitrogen and oxygen atoms in total. The van der Waals surface area contributed by atoms with Gasteiger partial charge >= 0.3 is 0 Å². The third-order valence-electron chi connectivity index (χ3n) is 4.89. The first-order valence-electron chi connectivity index (χ1n) is 9.44. The van der Waals surface area contributed by atoms with Crippen LogP contribution in [0.15, 0.2) is 54.6 Å². The molecule has 1 saturated heterocycles. The van der Waals surface area contributed by atoms with E-state index in [9.17, 15) is 9.59 Å². The predicted molar refractivity (Wildman–Crippen MR) is 104 cm³/mol. The molecular formula is C22H26N2O3. The fraction of sp³-hybridized carbons (Fsp3) is 0.364. The van der Waals surface area contributed by atoms with E-state index in [4.69, 9.17) is 4.74 Å². The number of carbonyl (C=O) groups excluding carboxylic acids is 2. The second-order valence-electron chi connectivity index (χ2n) is 6.78. The van der Waals surface area contributed by atoms with Crippen LogP contribution in [0.1, 0.15) is 42.9 Å². The molecule has 1 aliphatic rings. The number of likely N-dealkylation sites (tertiary alicyclic amines) is 1. The molecule has 2 amide bonds. The zero-order valence-electron chi connectivity index (χ0n) is 15.7. The number of hydrogen-bond donors (Lipinski definition) is 1. The number of hydrogen-bond acceptors (Lipinski definition) is 3. The largest absolute Gasteiger partial charge is 0.496 e. The Kier molecular flexibility index (Phi) is 6.47. The fourth-order valence-electron chi connectivity index (χ4n) is 3.48. The minimum Gasteiger partial charge on any atom is -0.496 e. The number of carbonyl (C=O) groups is 2. The van der Waals surface area contributed by atoms with Gasteiger partial charge in [-0.1, -0.05) is 55.0 Å². The maximum absolute atomic E-state index is 12.8. The molecule has 0 aromatic heterocycles. The molecule has 0 radical (unpaired) electrons. The van der Waals surface area contributed by atoms with Gasteiger partial charge in [0.1, 0.15) is 5.75 Å². The van der Waals surface area contributed by atoms with Crippen molar-refractivity contribution < 1.29 is 14.3 Å². The van der Waals surface area contributed by atoms with Gasteiger partial charge in [0.25, 0.3) is 0 Å². The Balaban J connectivity index is 1.81. The Labute approximate surface area is 160 Å². The molecule has 0 saturated carbocycles. The molecule has 0 aliphatic carbocycles. The maximum atomic E-state index is 12.8. The SMILES string of the molecule is COc1ccccc1C(NC(=O)CN1CCCCCC1=O)c1ccccc1. The van der Waals surface area contributed by atoms with Crippen molar-refractivity contribution in [2.24, 2.45) is 0 Å². The molecule has 1 unspecified atom stereocenters. The Hall–Kier alpha value is -2.82. The summed E-state index contributed by atoms with van der Waals surface area (Å²) in [5, 5.41) is 3.10. The highest BCUT2D eigenvalue weighted by molar-refractivity contribution is 5.85. The highest BCUT2D eigenvalue weighted by atomic mass is 16.5. The molecule has 0 bridgehead atoms. The van der Waals surface area contributed by atoms with E-state index in [1.807, 2.05) is 54.6 Å². The Morgan fingerprint density at radius 2 is 1.81 bits per heavy atom. The van der Waals surface area contributed by atoms with Crippen LogP contribution in [0.2, 0.25) is 0 Å². The van der Waals surface area contributed by atoms with Crippen molar-refractivity contribution in [2.75, 3.05) is 20.2 Å². The lowest BCUT2D eigenvalue weighted by atomic mass is 9.97. The van der Waals surface area contributed by atoms with Gasteiger partial charge in [-0.15, -0.1) is 0 Å². The van der Waals surface area contributed by atoms with Crippen LogP contribution < -0.4 is 10.1 Å². The first kappa shape index (κ1) is 19.0. The van der Waals surface area contributed by atoms with E-state index in [1.165, 1.54) is 0 Å². The van der Waals surface area contributed by atoms with Gasteiger partial charge in [-0.3, -0.25) is 9.59 Å². The minimum atomic E-state index is -0.336. The molecule has 5 heteroatoms. The first-order valence-corrected chi connectivity index (χ1v) is 9.44. The Bertz CT molecular complexity index is 776. The molecule has 1 aliphatic heterocycles. The van der Waals surface area contributed by atoms with Gasteiger partial charge < -0.3 is 15.0 Å². The number of benzene rings is 2. The van der Waals surface area contributed by atoms with Crippen LogP contribution in [0.3, 0.4) is 0 Å². The summed E-state index contributed by atoms with van der Waals surface area (Å²) in [6, 6.07) is 17.1. The molecule has 0 spiro atoms. The normalized spacial score (nSPS) is 15.7. The summed E-state index contributed by atoms with van der Waals surface area (Å²) in [4.78, 5) is 26.7. The summed E-state index contributed by atoms with van der Waals surface area (Å²) < 4.78 is 5.50. The number of amides is 2. The molecule has 142 valence electrons. The van der Waals surface area contributed by atoms with Gasteiger partial charge in [-0.05, 0) is 24.5 Å². The minimum absolute atomic E-state index is 0.0659. The van der Waals surface area contributed by atoms with E-state index in [0.29, 0.717) is 13.0 Å². The highest BCUT2D eigenvalue weighted by Gasteiger charge is 2.23. The average molecular weight is 366 g/mol. The van der Waals surface area contributed by atoms with Crippen molar-refractivity contribution in [1.29, 1.82) is 0 Å². The molecule has 1 fully saturated rings. The molecule has 2 aromatic rings. The molecule has 27 heavy (non-hydrogen) atoms. The second-order valence-corrected chi connectivity index (χ2v) is 6.78. The van der Waals surface area contributed by atoms with Gasteiger partial charge in [0, 0.05) is 18.5 Å². The zero-order valence-corrected chi connectivity index (χ0v) is 15.7. The molecule has 1 N–H and O–H groups in total. The number of nitrogens with one attached hydrogen (secondary N) is 1. The lowest BCUT2D eigenvalue weighted by Gasteiger charge is -2.25. The van der Waals surface area contributed by atoms with Crippen LogP contribution in [0.25, 0.3) is 0 Å².